The summed E-state index contributed by atoms with van der Waals surface area (Å²) < 4.78 is 5.43. The molecule has 0 bridgehead atoms. The molecule has 1 fully saturated rings. The summed E-state index contributed by atoms with van der Waals surface area (Å²) in [6.45, 7) is 4.80. The average Bonchev–Trinajstić information content (AvgIpc) is 3.20. The number of pyridine rings is 2. The van der Waals surface area contributed by atoms with Gasteiger partial charge in [-0.1, -0.05) is 12.5 Å². The number of nitrogens with zero attached hydrogens (tertiary/aromatic N) is 2. The quantitative estimate of drug-likeness (QED) is 0.335. The Balaban J connectivity index is 0.000000192. The van der Waals surface area contributed by atoms with Gasteiger partial charge in [0.1, 0.15) is 5.65 Å². The molecule has 4 aromatic rings. The van der Waals surface area contributed by atoms with Crippen LogP contribution in [-0.2, 0) is 13.1 Å². The molecule has 1 aliphatic rings. The van der Waals surface area contributed by atoms with Crippen LogP contribution in [0.3, 0.4) is 0 Å². The Morgan fingerprint density at radius 2 is 2.03 bits per heavy atom. The Morgan fingerprint density at radius 1 is 1.18 bits per heavy atom. The number of aromatic amines is 1. The lowest BCUT2D eigenvalue weighted by Gasteiger charge is -2.25. The van der Waals surface area contributed by atoms with Crippen molar-refractivity contribution in [1.82, 2.24) is 25.6 Å². The summed E-state index contributed by atoms with van der Waals surface area (Å²) in [6.07, 6.45) is 8.43. The van der Waals surface area contributed by atoms with Crippen LogP contribution in [0.5, 0.6) is 5.88 Å². The van der Waals surface area contributed by atoms with Gasteiger partial charge in [-0.25, -0.2) is 9.97 Å². The number of methoxy groups -OCH3 is 1. The molecule has 3 N–H and O–H groups in total. The molecule has 0 saturated heterocycles. The van der Waals surface area contributed by atoms with Crippen LogP contribution in [0, 0.1) is 12.8 Å². The van der Waals surface area contributed by atoms with Gasteiger partial charge < -0.3 is 20.4 Å². The Hall–Kier alpha value is -3.29. The molecule has 3 heterocycles. The maximum atomic E-state index is 10.4. The van der Waals surface area contributed by atoms with Gasteiger partial charge in [-0.2, -0.15) is 0 Å². The van der Waals surface area contributed by atoms with Crippen LogP contribution >= 0.6 is 0 Å². The molecule has 1 aromatic carbocycles. The molecule has 0 aliphatic heterocycles. The first-order valence-electron chi connectivity index (χ1n) is 11.8. The number of H-pyrrole nitrogens is 1. The highest BCUT2D eigenvalue weighted by Crippen LogP contribution is 2.27. The lowest BCUT2D eigenvalue weighted by molar-refractivity contribution is 0.112. The van der Waals surface area contributed by atoms with Crippen molar-refractivity contribution in [3.05, 3.63) is 65.1 Å². The topological polar surface area (TPSA) is 91.9 Å². The third kappa shape index (κ3) is 5.61. The van der Waals surface area contributed by atoms with Gasteiger partial charge in [0.25, 0.3) is 0 Å². The number of aromatic nitrogens is 3. The second-order valence-electron chi connectivity index (χ2n) is 8.89. The molecule has 7 heteroatoms. The molecular formula is C27H33N5O2. The van der Waals surface area contributed by atoms with Gasteiger partial charge in [0.15, 0.2) is 6.29 Å². The lowest BCUT2D eigenvalue weighted by Crippen LogP contribution is -2.26. The van der Waals surface area contributed by atoms with E-state index in [1.807, 2.05) is 26.2 Å². The van der Waals surface area contributed by atoms with Crippen molar-refractivity contribution < 1.29 is 9.53 Å². The summed E-state index contributed by atoms with van der Waals surface area (Å²) in [6, 6.07) is 10.5. The Morgan fingerprint density at radius 3 is 2.74 bits per heavy atom. The third-order valence-corrected chi connectivity index (χ3v) is 6.35. The van der Waals surface area contributed by atoms with Gasteiger partial charge >= 0.3 is 0 Å². The van der Waals surface area contributed by atoms with E-state index in [-0.39, 0.29) is 0 Å². The summed E-state index contributed by atoms with van der Waals surface area (Å²) in [7, 11) is 3.61. The molecule has 0 amide bonds. The van der Waals surface area contributed by atoms with Crippen LogP contribution in [0.4, 0.5) is 0 Å². The Labute approximate surface area is 200 Å². The second kappa shape index (κ2) is 11.2. The molecule has 0 atom stereocenters. The largest absolute Gasteiger partial charge is 0.481 e. The summed E-state index contributed by atoms with van der Waals surface area (Å²) in [5.74, 6) is 1.60. The predicted octanol–water partition coefficient (Wildman–Crippen LogP) is 4.54. The van der Waals surface area contributed by atoms with Crippen molar-refractivity contribution in [3.63, 3.8) is 0 Å². The van der Waals surface area contributed by atoms with Gasteiger partial charge in [-0.15, -0.1) is 0 Å². The zero-order valence-electron chi connectivity index (χ0n) is 20.1. The molecule has 1 aliphatic carbocycles. The first kappa shape index (κ1) is 23.9. The van der Waals surface area contributed by atoms with E-state index in [0.717, 1.165) is 59.5 Å². The van der Waals surface area contributed by atoms with Gasteiger partial charge in [-0.3, -0.25) is 4.79 Å². The maximum Gasteiger partial charge on any atom is 0.221 e. The van der Waals surface area contributed by atoms with E-state index in [9.17, 15) is 4.79 Å². The van der Waals surface area contributed by atoms with Gasteiger partial charge in [-0.05, 0) is 80.1 Å². The summed E-state index contributed by atoms with van der Waals surface area (Å²) in [5.41, 5.74) is 4.88. The van der Waals surface area contributed by atoms with Gasteiger partial charge in [0.05, 0.1) is 12.8 Å². The van der Waals surface area contributed by atoms with Crippen molar-refractivity contribution in [1.29, 1.82) is 0 Å². The number of hydrogen-bond acceptors (Lipinski definition) is 6. The number of carbonyl (C=O) groups is 1. The first-order chi connectivity index (χ1) is 16.6. The number of hydrogen-bond donors (Lipinski definition) is 3. The molecule has 1 saturated carbocycles. The smallest absolute Gasteiger partial charge is 0.221 e. The standard InChI is InChI=1S/C18H25N3O.C9H8N2O/c1-19-12-16-9-15-8-14(11-20-10-13-4-3-5-13)6-7-17(15)18(21-16)22-2;1-6-3-10-9-8(6)2-7(5-12)4-11-9/h6-9,13,19-20H,3-5,10-12H2,1-2H3;2-5H,1H3,(H,10,11). The van der Waals surface area contributed by atoms with E-state index in [2.05, 4.69) is 49.9 Å². The molecular weight excluding hydrogens is 426 g/mol. The highest BCUT2D eigenvalue weighted by Gasteiger charge is 2.16. The van der Waals surface area contributed by atoms with Crippen LogP contribution in [-0.4, -0.2) is 41.9 Å². The molecule has 34 heavy (non-hydrogen) atoms. The number of aldehydes is 1. The highest BCUT2D eigenvalue weighted by molar-refractivity contribution is 5.88. The number of ether oxygens (including phenoxy) is 1. The van der Waals surface area contributed by atoms with Crippen molar-refractivity contribution >= 4 is 28.1 Å². The molecule has 5 rings (SSSR count). The second-order valence-corrected chi connectivity index (χ2v) is 8.89. The van der Waals surface area contributed by atoms with Crippen LogP contribution in [0.2, 0.25) is 0 Å². The van der Waals surface area contributed by atoms with Gasteiger partial charge in [0, 0.05) is 41.8 Å². The minimum Gasteiger partial charge on any atom is -0.481 e. The number of benzene rings is 1. The fraction of sp³-hybridized carbons (Fsp3) is 0.370. The van der Waals surface area contributed by atoms with Crippen LogP contribution in [0.25, 0.3) is 21.8 Å². The molecule has 7 nitrogen and oxygen atoms in total. The Kier molecular flexibility index (Phi) is 7.87. The van der Waals surface area contributed by atoms with E-state index in [0.29, 0.717) is 11.4 Å². The number of carbonyl (C=O) groups excluding carboxylic acids is 1. The fourth-order valence-electron chi connectivity index (χ4n) is 4.20. The SMILES string of the molecule is CNCc1cc2cc(CNCC3CCC3)ccc2c(OC)n1.Cc1c[nH]c2ncc(C=O)cc12. The lowest BCUT2D eigenvalue weighted by atomic mass is 9.85. The maximum absolute atomic E-state index is 10.4. The summed E-state index contributed by atoms with van der Waals surface area (Å²) in [4.78, 5) is 22.1. The normalized spacial score (nSPS) is 13.4. The van der Waals surface area contributed by atoms with Crippen LogP contribution in [0.1, 0.15) is 46.4 Å². The van der Waals surface area contributed by atoms with Crippen LogP contribution < -0.4 is 15.4 Å². The summed E-state index contributed by atoms with van der Waals surface area (Å²) >= 11 is 0. The number of fused-ring (bicyclic) bond motifs is 2. The highest BCUT2D eigenvalue weighted by atomic mass is 16.5. The van der Waals surface area contributed by atoms with Crippen molar-refractivity contribution in [2.75, 3.05) is 20.7 Å². The molecule has 178 valence electrons. The van der Waals surface area contributed by atoms with E-state index in [4.69, 9.17) is 4.74 Å². The van der Waals surface area contributed by atoms with E-state index >= 15 is 0 Å². The van der Waals surface area contributed by atoms with E-state index < -0.39 is 0 Å². The minimum atomic E-state index is 0.616. The van der Waals surface area contributed by atoms with Gasteiger partial charge in [0.2, 0.25) is 5.88 Å². The van der Waals surface area contributed by atoms with Crippen molar-refractivity contribution in [2.45, 2.75) is 39.3 Å². The number of nitrogens with one attached hydrogen (secondary N) is 3. The minimum absolute atomic E-state index is 0.616. The molecule has 0 unspecified atom stereocenters. The molecule has 0 spiro atoms. The average molecular weight is 460 g/mol. The Bertz CT molecular complexity index is 1260. The number of aryl methyl sites for hydroxylation is 1. The predicted molar refractivity (Wildman–Crippen MR) is 136 cm³/mol. The number of rotatable bonds is 8. The third-order valence-electron chi connectivity index (χ3n) is 6.35. The first-order valence-corrected chi connectivity index (χ1v) is 11.8. The summed E-state index contributed by atoms with van der Waals surface area (Å²) in [5, 5.41) is 10.0. The van der Waals surface area contributed by atoms with E-state index in [1.54, 1.807) is 13.3 Å². The fourth-order valence-corrected chi connectivity index (χ4v) is 4.20. The van der Waals surface area contributed by atoms with Crippen molar-refractivity contribution in [2.24, 2.45) is 5.92 Å². The van der Waals surface area contributed by atoms with Crippen LogP contribution in [0.15, 0.2) is 42.7 Å². The molecule has 3 aromatic heterocycles. The van der Waals surface area contributed by atoms with E-state index in [1.165, 1.54) is 30.2 Å². The zero-order chi connectivity index (χ0) is 23.9. The van der Waals surface area contributed by atoms with Crippen molar-refractivity contribution in [3.8, 4) is 5.88 Å². The monoisotopic (exact) mass is 459 g/mol. The molecule has 0 radical (unpaired) electrons. The zero-order valence-corrected chi connectivity index (χ0v) is 20.1.